The molecule has 0 spiro atoms. The second kappa shape index (κ2) is 10.5. The molecule has 3 aromatic rings. The van der Waals surface area contributed by atoms with E-state index in [2.05, 4.69) is 30.8 Å². The first-order valence-corrected chi connectivity index (χ1v) is 17.9. The predicted molar refractivity (Wildman–Crippen MR) is 174 cm³/mol. The number of carbonyl (C=O) groups is 1. The maximum atomic E-state index is 13.9. The highest BCUT2D eigenvalue weighted by molar-refractivity contribution is 7.99. The molecule has 6 unspecified atom stereocenters. The number of fused-ring (bicyclic) bond motifs is 7. The normalized spacial score (nSPS) is 36.7. The number of rotatable bonds is 5. The number of nitrogens with zero attached hydrogens (tertiary/aromatic N) is 3. The van der Waals surface area contributed by atoms with Crippen molar-refractivity contribution in [2.24, 2.45) is 28.6 Å². The van der Waals surface area contributed by atoms with Crippen molar-refractivity contribution < 1.29 is 15.0 Å². The SMILES string of the molecule is CC12Cc3cnn(C4CCCCC4)c3C=C1CCC1C2C(O)CC2(C)C1CC[C@]2(O)C(=O)CSc1ccc2ccccc2n1. The van der Waals surface area contributed by atoms with Gasteiger partial charge in [0, 0.05) is 10.8 Å². The van der Waals surface area contributed by atoms with Crippen molar-refractivity contribution in [3.8, 4) is 0 Å². The fourth-order valence-electron chi connectivity index (χ4n) is 10.7. The van der Waals surface area contributed by atoms with E-state index in [-0.39, 0.29) is 34.7 Å². The Kier molecular flexibility index (Phi) is 6.93. The molecule has 4 saturated carbocycles. The number of thioether (sulfide) groups is 1. The number of Topliss-reactive ketones (excluding diaryl/α,β-unsaturated/α-hetero) is 1. The summed E-state index contributed by atoms with van der Waals surface area (Å²) in [6.45, 7) is 4.48. The van der Waals surface area contributed by atoms with E-state index in [4.69, 9.17) is 10.1 Å². The van der Waals surface area contributed by atoms with Crippen LogP contribution in [0.15, 0.2) is 53.2 Å². The van der Waals surface area contributed by atoms with Crippen molar-refractivity contribution in [3.63, 3.8) is 0 Å². The molecule has 44 heavy (non-hydrogen) atoms. The van der Waals surface area contributed by atoms with Crippen molar-refractivity contribution in [2.45, 2.75) is 107 Å². The Morgan fingerprint density at radius 1 is 1.07 bits per heavy atom. The van der Waals surface area contributed by atoms with E-state index in [1.807, 2.05) is 36.4 Å². The van der Waals surface area contributed by atoms with Crippen molar-refractivity contribution in [2.75, 3.05) is 5.75 Å². The molecule has 2 aromatic heterocycles. The summed E-state index contributed by atoms with van der Waals surface area (Å²) in [6, 6.07) is 12.5. The highest BCUT2D eigenvalue weighted by atomic mass is 32.2. The van der Waals surface area contributed by atoms with Gasteiger partial charge >= 0.3 is 0 Å². The van der Waals surface area contributed by atoms with Crippen LogP contribution < -0.4 is 0 Å². The number of pyridine rings is 1. The molecule has 4 fully saturated rings. The van der Waals surface area contributed by atoms with Gasteiger partial charge in [-0.25, -0.2) is 4.98 Å². The van der Waals surface area contributed by atoms with Crippen molar-refractivity contribution in [3.05, 3.63) is 59.4 Å². The van der Waals surface area contributed by atoms with E-state index < -0.39 is 17.1 Å². The summed E-state index contributed by atoms with van der Waals surface area (Å²) in [5.41, 5.74) is 2.82. The average Bonchev–Trinajstić information content (AvgIpc) is 3.55. The van der Waals surface area contributed by atoms with E-state index in [1.165, 1.54) is 60.7 Å². The summed E-state index contributed by atoms with van der Waals surface area (Å²) in [7, 11) is 0. The molecule has 5 aliphatic carbocycles. The molecule has 2 N–H and O–H groups in total. The Bertz CT molecular complexity index is 1640. The molecular formula is C37H45N3O3S. The van der Waals surface area contributed by atoms with Crippen LogP contribution in [-0.4, -0.2) is 48.2 Å². The molecule has 0 bridgehead atoms. The second-order valence-electron chi connectivity index (χ2n) is 15.0. The van der Waals surface area contributed by atoms with E-state index in [9.17, 15) is 15.0 Å². The zero-order chi connectivity index (χ0) is 30.3. The molecule has 8 rings (SSSR count). The van der Waals surface area contributed by atoms with Gasteiger partial charge in [0.2, 0.25) is 0 Å². The first-order chi connectivity index (χ1) is 21.2. The van der Waals surface area contributed by atoms with Gasteiger partial charge in [-0.15, -0.1) is 0 Å². The van der Waals surface area contributed by atoms with E-state index in [1.54, 1.807) is 0 Å². The molecule has 232 valence electrons. The summed E-state index contributed by atoms with van der Waals surface area (Å²) in [6.07, 6.45) is 15.1. The van der Waals surface area contributed by atoms with Gasteiger partial charge < -0.3 is 10.2 Å². The van der Waals surface area contributed by atoms with E-state index in [0.717, 1.165) is 41.6 Å². The Hall–Kier alpha value is -2.48. The van der Waals surface area contributed by atoms with Crippen LogP contribution >= 0.6 is 11.8 Å². The number of ketones is 1. The number of para-hydroxylation sites is 1. The standard InChI is InChI=1S/C37H45N3O3S/c1-35-19-24-21-38-40(26-9-4-3-5-10-26)30(24)18-25(35)13-14-27-28-16-17-37(43,36(28,2)20-31(41)34(27)35)32(42)22-44-33-15-12-23-8-6-7-11-29(23)39-33/h6-8,11-12,15,18,21,26-28,31,34,41,43H,3-5,9-10,13-14,16-17,19-20,22H2,1-2H3/t27?,28?,31?,34?,35?,36?,37-/m0/s1. The molecule has 0 aliphatic heterocycles. The first-order valence-electron chi connectivity index (χ1n) is 16.9. The lowest BCUT2D eigenvalue weighted by atomic mass is 9.45. The number of benzene rings is 1. The highest BCUT2D eigenvalue weighted by Crippen LogP contribution is 2.67. The monoisotopic (exact) mass is 611 g/mol. The summed E-state index contributed by atoms with van der Waals surface area (Å²) < 4.78 is 2.32. The molecule has 5 aliphatic rings. The number of aliphatic hydroxyl groups excluding tert-OH is 1. The minimum atomic E-state index is -1.43. The third-order valence-electron chi connectivity index (χ3n) is 12.9. The van der Waals surface area contributed by atoms with E-state index in [0.29, 0.717) is 18.9 Å². The zero-order valence-electron chi connectivity index (χ0n) is 26.0. The molecular weight excluding hydrogens is 566 g/mol. The third kappa shape index (κ3) is 4.25. The van der Waals surface area contributed by atoms with Gasteiger partial charge in [-0.05, 0) is 98.3 Å². The first kappa shape index (κ1) is 29.0. The third-order valence-corrected chi connectivity index (χ3v) is 13.8. The van der Waals surface area contributed by atoms with Crippen LogP contribution in [0.1, 0.15) is 95.4 Å². The van der Waals surface area contributed by atoms with E-state index >= 15 is 0 Å². The fourth-order valence-corrected chi connectivity index (χ4v) is 11.5. The number of aliphatic hydroxyl groups is 2. The number of carbonyl (C=O) groups excluding carboxylic acids is 1. The summed E-state index contributed by atoms with van der Waals surface area (Å²) in [5, 5.41) is 31.0. The quantitative estimate of drug-likeness (QED) is 0.297. The van der Waals surface area contributed by atoms with Crippen molar-refractivity contribution in [1.29, 1.82) is 0 Å². The Morgan fingerprint density at radius 3 is 2.73 bits per heavy atom. The van der Waals surface area contributed by atoms with Crippen LogP contribution in [0, 0.1) is 28.6 Å². The van der Waals surface area contributed by atoms with Crippen LogP contribution in [0.25, 0.3) is 17.0 Å². The Balaban J connectivity index is 1.03. The van der Waals surface area contributed by atoms with Crippen LogP contribution in [0.5, 0.6) is 0 Å². The smallest absolute Gasteiger partial charge is 0.175 e. The molecule has 6 nitrogen and oxygen atoms in total. The lowest BCUT2D eigenvalue weighted by Crippen LogP contribution is -2.62. The van der Waals surface area contributed by atoms with Crippen LogP contribution in [0.2, 0.25) is 0 Å². The maximum Gasteiger partial charge on any atom is 0.175 e. The second-order valence-corrected chi connectivity index (χ2v) is 16.0. The van der Waals surface area contributed by atoms with Gasteiger partial charge in [0.25, 0.3) is 0 Å². The van der Waals surface area contributed by atoms with Gasteiger partial charge in [-0.3, -0.25) is 9.48 Å². The summed E-state index contributed by atoms with van der Waals surface area (Å²) in [5.74, 6) is 0.705. The molecule has 0 amide bonds. The van der Waals surface area contributed by atoms with Crippen LogP contribution in [0.4, 0.5) is 0 Å². The largest absolute Gasteiger partial charge is 0.393 e. The van der Waals surface area contributed by atoms with Gasteiger partial charge in [0.1, 0.15) is 5.60 Å². The number of allylic oxidation sites excluding steroid dienone is 1. The molecule has 7 heteroatoms. The lowest BCUT2D eigenvalue weighted by Gasteiger charge is -2.60. The summed E-state index contributed by atoms with van der Waals surface area (Å²) >= 11 is 1.41. The van der Waals surface area contributed by atoms with Gasteiger partial charge in [0.15, 0.2) is 5.78 Å². The van der Waals surface area contributed by atoms with Crippen molar-refractivity contribution >= 4 is 34.5 Å². The number of hydrogen-bond acceptors (Lipinski definition) is 6. The highest BCUT2D eigenvalue weighted by Gasteiger charge is 2.68. The molecule has 2 heterocycles. The van der Waals surface area contributed by atoms with Gasteiger partial charge in [-0.1, -0.05) is 74.7 Å². The minimum Gasteiger partial charge on any atom is -0.393 e. The molecule has 1 aromatic carbocycles. The predicted octanol–water partition coefficient (Wildman–Crippen LogP) is 7.18. The number of hydrogen-bond donors (Lipinski definition) is 2. The van der Waals surface area contributed by atoms with Crippen LogP contribution in [-0.2, 0) is 11.2 Å². The Labute approximate surface area is 264 Å². The van der Waals surface area contributed by atoms with Crippen LogP contribution in [0.3, 0.4) is 0 Å². The van der Waals surface area contributed by atoms with Gasteiger partial charge in [0.05, 0.1) is 40.3 Å². The van der Waals surface area contributed by atoms with Gasteiger partial charge in [-0.2, -0.15) is 5.10 Å². The fraction of sp³-hybridized carbons (Fsp3) is 0.595. The molecule has 0 radical (unpaired) electrons. The minimum absolute atomic E-state index is 0.117. The number of aromatic nitrogens is 3. The van der Waals surface area contributed by atoms with Crippen molar-refractivity contribution in [1.82, 2.24) is 14.8 Å². The lowest BCUT2D eigenvalue weighted by molar-refractivity contribution is -0.177. The average molecular weight is 612 g/mol. The summed E-state index contributed by atoms with van der Waals surface area (Å²) in [4.78, 5) is 18.6. The topological polar surface area (TPSA) is 88.2 Å². The zero-order valence-corrected chi connectivity index (χ0v) is 26.9. The maximum absolute atomic E-state index is 13.9. The molecule has 0 saturated heterocycles. The molecule has 7 atom stereocenters. The Morgan fingerprint density at radius 2 is 1.89 bits per heavy atom.